The van der Waals surface area contributed by atoms with Crippen LogP contribution in [0.15, 0.2) is 30.3 Å². The number of benzene rings is 1. The van der Waals surface area contributed by atoms with Gasteiger partial charge in [0.05, 0.1) is 12.5 Å². The summed E-state index contributed by atoms with van der Waals surface area (Å²) in [7, 11) is 0. The number of carbonyl (C=O) groups is 1. The van der Waals surface area contributed by atoms with E-state index in [1.54, 1.807) is 0 Å². The van der Waals surface area contributed by atoms with Gasteiger partial charge in [-0.15, -0.1) is 0 Å². The van der Waals surface area contributed by atoms with Crippen LogP contribution in [0.4, 0.5) is 0 Å². The molecule has 0 aromatic heterocycles. The smallest absolute Gasteiger partial charge is 0.309 e. The lowest BCUT2D eigenvalue weighted by atomic mass is 10.1. The van der Waals surface area contributed by atoms with Crippen LogP contribution < -0.4 is 0 Å². The van der Waals surface area contributed by atoms with E-state index in [1.165, 1.54) is 5.56 Å². The largest absolute Gasteiger partial charge is 0.466 e. The monoisotopic (exact) mass is 190 g/mol. The van der Waals surface area contributed by atoms with Gasteiger partial charge in [-0.05, 0) is 24.8 Å². The minimum atomic E-state index is -0.0404. The zero-order chi connectivity index (χ0) is 9.97. The van der Waals surface area contributed by atoms with E-state index >= 15 is 0 Å². The molecule has 1 fully saturated rings. The number of hydrogen-bond acceptors (Lipinski definition) is 2. The molecule has 0 spiro atoms. The Morgan fingerprint density at radius 2 is 2.14 bits per heavy atom. The van der Waals surface area contributed by atoms with Crippen LogP contribution in [0.25, 0.3) is 0 Å². The fourth-order valence-electron chi connectivity index (χ4n) is 1.77. The molecule has 2 nitrogen and oxygen atoms in total. The lowest BCUT2D eigenvalue weighted by Crippen LogP contribution is -2.07. The molecule has 2 atom stereocenters. The Balaban J connectivity index is 1.96. The van der Waals surface area contributed by atoms with Crippen LogP contribution in [0.5, 0.6) is 0 Å². The van der Waals surface area contributed by atoms with E-state index in [-0.39, 0.29) is 11.9 Å². The molecular weight excluding hydrogens is 176 g/mol. The molecule has 1 saturated carbocycles. The summed E-state index contributed by atoms with van der Waals surface area (Å²) in [4.78, 5) is 11.4. The summed E-state index contributed by atoms with van der Waals surface area (Å²) in [6.07, 6.45) is 0.947. The summed E-state index contributed by atoms with van der Waals surface area (Å²) in [6, 6.07) is 10.2. The maximum Gasteiger partial charge on any atom is 0.309 e. The van der Waals surface area contributed by atoms with Gasteiger partial charge >= 0.3 is 5.97 Å². The number of carbonyl (C=O) groups excluding carboxylic acids is 1. The molecule has 1 aromatic carbocycles. The van der Waals surface area contributed by atoms with Gasteiger partial charge in [0.2, 0.25) is 0 Å². The van der Waals surface area contributed by atoms with E-state index in [2.05, 4.69) is 12.1 Å². The molecule has 2 rings (SSSR count). The van der Waals surface area contributed by atoms with Crippen molar-refractivity contribution in [3.63, 3.8) is 0 Å². The second-order valence-corrected chi connectivity index (χ2v) is 3.61. The average molecular weight is 190 g/mol. The Labute approximate surface area is 83.9 Å². The maximum atomic E-state index is 11.4. The Hall–Kier alpha value is -1.31. The van der Waals surface area contributed by atoms with Gasteiger partial charge in [-0.2, -0.15) is 0 Å². The number of rotatable bonds is 3. The molecule has 0 bridgehead atoms. The molecule has 1 aliphatic rings. The summed E-state index contributed by atoms with van der Waals surface area (Å²) < 4.78 is 4.98. The van der Waals surface area contributed by atoms with Crippen LogP contribution >= 0.6 is 0 Å². The van der Waals surface area contributed by atoms with Crippen molar-refractivity contribution in [3.05, 3.63) is 35.9 Å². The van der Waals surface area contributed by atoms with E-state index in [1.807, 2.05) is 25.1 Å². The van der Waals surface area contributed by atoms with Crippen LogP contribution in [-0.4, -0.2) is 12.6 Å². The number of ether oxygens (including phenoxy) is 1. The third-order valence-electron chi connectivity index (χ3n) is 2.61. The topological polar surface area (TPSA) is 26.3 Å². The molecule has 0 saturated heterocycles. The Kier molecular flexibility index (Phi) is 2.53. The quantitative estimate of drug-likeness (QED) is 0.684. The first-order valence-corrected chi connectivity index (χ1v) is 5.04. The van der Waals surface area contributed by atoms with Crippen LogP contribution in [-0.2, 0) is 9.53 Å². The molecule has 1 aromatic rings. The van der Waals surface area contributed by atoms with Gasteiger partial charge < -0.3 is 4.74 Å². The van der Waals surface area contributed by atoms with E-state index in [4.69, 9.17) is 4.74 Å². The van der Waals surface area contributed by atoms with Crippen molar-refractivity contribution in [2.75, 3.05) is 6.61 Å². The lowest BCUT2D eigenvalue weighted by Gasteiger charge is -2.00. The summed E-state index contributed by atoms with van der Waals surface area (Å²) in [5.41, 5.74) is 1.26. The average Bonchev–Trinajstić information content (AvgIpc) is 2.99. The highest BCUT2D eigenvalue weighted by Gasteiger charge is 2.44. The van der Waals surface area contributed by atoms with Gasteiger partial charge in [0.1, 0.15) is 0 Å². The van der Waals surface area contributed by atoms with Crippen LogP contribution in [0.2, 0.25) is 0 Å². The molecule has 2 heteroatoms. The van der Waals surface area contributed by atoms with E-state index in [0.717, 1.165) is 6.42 Å². The molecule has 0 aliphatic heterocycles. The first kappa shape index (κ1) is 9.25. The Morgan fingerprint density at radius 3 is 2.79 bits per heavy atom. The zero-order valence-corrected chi connectivity index (χ0v) is 8.27. The van der Waals surface area contributed by atoms with Crippen LogP contribution in [0.1, 0.15) is 24.8 Å². The standard InChI is InChI=1S/C12H14O2/c1-2-14-12(13)11-8-10(11)9-6-4-3-5-7-9/h3-7,10-11H,2,8H2,1H3/t10-,11?/m1/s1. The SMILES string of the molecule is CCOC(=O)C1C[C@@H]1c1ccccc1. The maximum absolute atomic E-state index is 11.4. The summed E-state index contributed by atoms with van der Waals surface area (Å²) in [6.45, 7) is 2.33. The van der Waals surface area contributed by atoms with Crippen LogP contribution in [0.3, 0.4) is 0 Å². The highest BCUT2D eigenvalue weighted by Crippen LogP contribution is 2.47. The molecule has 0 N–H and O–H groups in total. The van der Waals surface area contributed by atoms with Crippen molar-refractivity contribution in [1.29, 1.82) is 0 Å². The molecule has 0 radical (unpaired) electrons. The second kappa shape index (κ2) is 3.82. The lowest BCUT2D eigenvalue weighted by molar-refractivity contribution is -0.144. The van der Waals surface area contributed by atoms with Gasteiger partial charge in [0.15, 0.2) is 0 Å². The van der Waals surface area contributed by atoms with E-state index in [9.17, 15) is 4.79 Å². The predicted octanol–water partition coefficient (Wildman–Crippen LogP) is 2.35. The van der Waals surface area contributed by atoms with Crippen molar-refractivity contribution in [1.82, 2.24) is 0 Å². The van der Waals surface area contributed by atoms with Crippen molar-refractivity contribution in [2.24, 2.45) is 5.92 Å². The second-order valence-electron chi connectivity index (χ2n) is 3.61. The number of hydrogen-bond donors (Lipinski definition) is 0. The Bertz CT molecular complexity index is 318. The van der Waals surface area contributed by atoms with E-state index < -0.39 is 0 Å². The summed E-state index contributed by atoms with van der Waals surface area (Å²) in [5.74, 6) is 0.467. The van der Waals surface area contributed by atoms with Gasteiger partial charge in [0.25, 0.3) is 0 Å². The zero-order valence-electron chi connectivity index (χ0n) is 8.27. The molecule has 0 amide bonds. The minimum Gasteiger partial charge on any atom is -0.466 e. The fraction of sp³-hybridized carbons (Fsp3) is 0.417. The Morgan fingerprint density at radius 1 is 1.43 bits per heavy atom. The molecule has 1 unspecified atom stereocenters. The van der Waals surface area contributed by atoms with Crippen LogP contribution in [0, 0.1) is 5.92 Å². The molecule has 1 aliphatic carbocycles. The van der Waals surface area contributed by atoms with Crippen molar-refractivity contribution in [2.45, 2.75) is 19.3 Å². The fourth-order valence-corrected chi connectivity index (χ4v) is 1.77. The van der Waals surface area contributed by atoms with Crippen molar-refractivity contribution >= 4 is 5.97 Å². The van der Waals surface area contributed by atoms with E-state index in [0.29, 0.717) is 12.5 Å². The first-order chi connectivity index (χ1) is 6.83. The first-order valence-electron chi connectivity index (χ1n) is 5.04. The summed E-state index contributed by atoms with van der Waals surface area (Å²) in [5, 5.41) is 0. The minimum absolute atomic E-state index is 0.0404. The molecule has 74 valence electrons. The summed E-state index contributed by atoms with van der Waals surface area (Å²) >= 11 is 0. The van der Waals surface area contributed by atoms with Crippen molar-refractivity contribution < 1.29 is 9.53 Å². The van der Waals surface area contributed by atoms with Gasteiger partial charge in [-0.25, -0.2) is 0 Å². The number of esters is 1. The molecule has 14 heavy (non-hydrogen) atoms. The molecular formula is C12H14O2. The highest BCUT2D eigenvalue weighted by molar-refractivity contribution is 5.77. The third-order valence-corrected chi connectivity index (χ3v) is 2.61. The van der Waals surface area contributed by atoms with Crippen molar-refractivity contribution in [3.8, 4) is 0 Å². The highest BCUT2D eigenvalue weighted by atomic mass is 16.5. The predicted molar refractivity (Wildman–Crippen MR) is 53.9 cm³/mol. The van der Waals surface area contributed by atoms with Gasteiger partial charge in [-0.1, -0.05) is 30.3 Å². The van der Waals surface area contributed by atoms with Gasteiger partial charge in [-0.3, -0.25) is 4.79 Å². The normalized spacial score (nSPS) is 24.4. The molecule has 0 heterocycles. The third kappa shape index (κ3) is 1.79. The van der Waals surface area contributed by atoms with Gasteiger partial charge in [0, 0.05) is 0 Å².